The number of H-pyrrole nitrogens is 1. The van der Waals surface area contributed by atoms with Gasteiger partial charge in [0.1, 0.15) is 33.6 Å². The number of nitrogens with zero attached hydrogens (tertiary/aromatic N) is 7. The van der Waals surface area contributed by atoms with E-state index >= 15 is 0 Å². The number of nitrogens with one attached hydrogen (secondary N) is 1. The predicted octanol–water partition coefficient (Wildman–Crippen LogP) is 5.18. The second-order valence-electron chi connectivity index (χ2n) is 10.2. The number of rotatable bonds is 10. The van der Waals surface area contributed by atoms with Gasteiger partial charge in [-0.1, -0.05) is 0 Å². The van der Waals surface area contributed by atoms with Crippen LogP contribution in [-0.2, 0) is 40.1 Å². The van der Waals surface area contributed by atoms with Crippen molar-refractivity contribution >= 4 is 23.9 Å². The van der Waals surface area contributed by atoms with E-state index in [0.29, 0.717) is 30.0 Å². The highest BCUT2D eigenvalue weighted by Crippen LogP contribution is 2.22. The first-order chi connectivity index (χ1) is 24.4. The van der Waals surface area contributed by atoms with E-state index in [1.165, 1.54) is 13.2 Å². The van der Waals surface area contributed by atoms with E-state index in [4.69, 9.17) is 9.47 Å². The summed E-state index contributed by atoms with van der Waals surface area (Å²) in [6, 6.07) is 0. The molecule has 52 heavy (non-hydrogen) atoms. The zero-order valence-electron chi connectivity index (χ0n) is 30.6. The number of ether oxygens (including phenoxy) is 4. The molecule has 0 amide bonds. The molecule has 4 heterocycles. The fourth-order valence-corrected chi connectivity index (χ4v) is 4.15. The van der Waals surface area contributed by atoms with Crippen LogP contribution < -0.4 is 0 Å². The van der Waals surface area contributed by atoms with Gasteiger partial charge in [-0.2, -0.15) is 20.4 Å². The van der Waals surface area contributed by atoms with Crippen LogP contribution in [0.25, 0.3) is 0 Å². The first-order valence-corrected chi connectivity index (χ1v) is 15.8. The molecule has 20 heteroatoms. The molecule has 0 unspecified atom stereocenters. The lowest BCUT2D eigenvalue weighted by Gasteiger charge is -2.01. The molecule has 0 fully saturated rings. The quantitative estimate of drug-likeness (QED) is 0.128. The van der Waals surface area contributed by atoms with Gasteiger partial charge in [-0.15, -0.1) is 0 Å². The number of aromatic nitrogens is 8. The fourth-order valence-electron chi connectivity index (χ4n) is 4.15. The summed E-state index contributed by atoms with van der Waals surface area (Å²) in [4.78, 5) is 44.8. The summed E-state index contributed by atoms with van der Waals surface area (Å²) in [5.74, 6) is -2.14. The summed E-state index contributed by atoms with van der Waals surface area (Å²) in [6.07, 6.45) is -1.56. The molecule has 0 bridgehead atoms. The van der Waals surface area contributed by atoms with Gasteiger partial charge in [0.2, 0.25) is 0 Å². The van der Waals surface area contributed by atoms with Gasteiger partial charge in [-0.3, -0.25) is 19.1 Å². The van der Waals surface area contributed by atoms with Crippen LogP contribution in [0.15, 0.2) is 18.6 Å². The van der Waals surface area contributed by atoms with Crippen LogP contribution in [0.3, 0.4) is 0 Å². The van der Waals surface area contributed by atoms with Gasteiger partial charge < -0.3 is 18.9 Å². The lowest BCUT2D eigenvalue weighted by molar-refractivity contribution is 0.0507. The average molecular weight is 745 g/mol. The maximum Gasteiger partial charge on any atom is 0.341 e. The van der Waals surface area contributed by atoms with Crippen molar-refractivity contribution in [2.45, 2.75) is 61.3 Å². The third kappa shape index (κ3) is 13.0. The van der Waals surface area contributed by atoms with Gasteiger partial charge >= 0.3 is 23.9 Å². The van der Waals surface area contributed by atoms with Crippen molar-refractivity contribution in [1.82, 2.24) is 39.5 Å². The minimum atomic E-state index is -2.77. The molecule has 4 aromatic rings. The molecule has 0 spiro atoms. The van der Waals surface area contributed by atoms with Crippen LogP contribution in [0.4, 0.5) is 17.6 Å². The molecule has 1 N–H and O–H groups in total. The Morgan fingerprint density at radius 2 is 1.08 bits per heavy atom. The summed E-state index contributed by atoms with van der Waals surface area (Å²) < 4.78 is 72.4. The normalized spacial score (nSPS) is 10.3. The smallest absolute Gasteiger partial charge is 0.341 e. The monoisotopic (exact) mass is 744 g/mol. The summed E-state index contributed by atoms with van der Waals surface area (Å²) in [5.41, 5.74) is 1.90. The molecule has 0 aliphatic heterocycles. The number of esters is 4. The molecule has 0 atom stereocenters. The number of alkyl halides is 4. The van der Waals surface area contributed by atoms with Gasteiger partial charge in [-0.05, 0) is 48.5 Å². The molecule has 0 aliphatic carbocycles. The molecular weight excluding hydrogens is 700 g/mol. The summed E-state index contributed by atoms with van der Waals surface area (Å²) in [7, 11) is 5.05. The molecule has 16 nitrogen and oxygen atoms in total. The number of aryl methyl sites for hydroxylation is 5. The van der Waals surface area contributed by atoms with Crippen molar-refractivity contribution in [2.24, 2.45) is 21.1 Å². The van der Waals surface area contributed by atoms with Crippen LogP contribution in [0.1, 0.15) is 110 Å². The van der Waals surface area contributed by atoms with E-state index in [2.05, 4.69) is 35.0 Å². The zero-order chi connectivity index (χ0) is 39.7. The number of carbonyl (C=O) groups is 4. The van der Waals surface area contributed by atoms with E-state index in [1.54, 1.807) is 64.2 Å². The van der Waals surface area contributed by atoms with Crippen molar-refractivity contribution < 1.29 is 55.7 Å². The molecule has 288 valence electrons. The maximum absolute atomic E-state index is 12.4. The largest absolute Gasteiger partial charge is 0.462 e. The fraction of sp³-hybridized carbons (Fsp3) is 0.500. The third-order valence-corrected chi connectivity index (χ3v) is 6.43. The Hall–Kier alpha value is -5.56. The summed E-state index contributed by atoms with van der Waals surface area (Å²) >= 11 is 0. The Morgan fingerprint density at radius 1 is 0.635 bits per heavy atom. The second kappa shape index (κ2) is 21.6. The first kappa shape index (κ1) is 44.5. The number of halogens is 4. The molecular formula is C32H44F4N8O8. The Balaban J connectivity index is 0.000000347. The van der Waals surface area contributed by atoms with Crippen molar-refractivity contribution in [1.29, 1.82) is 0 Å². The lowest BCUT2D eigenvalue weighted by atomic mass is 10.2. The van der Waals surface area contributed by atoms with E-state index < -0.39 is 36.2 Å². The summed E-state index contributed by atoms with van der Waals surface area (Å²) in [6.45, 7) is 13.3. The Morgan fingerprint density at radius 3 is 1.50 bits per heavy atom. The number of carbonyl (C=O) groups excluding carboxylic acids is 4. The van der Waals surface area contributed by atoms with E-state index in [0.717, 1.165) is 22.3 Å². The van der Waals surface area contributed by atoms with E-state index in [-0.39, 0.29) is 36.3 Å². The maximum atomic E-state index is 12.4. The molecule has 0 radical (unpaired) electrons. The highest BCUT2D eigenvalue weighted by molar-refractivity contribution is 5.92. The minimum Gasteiger partial charge on any atom is -0.462 e. The third-order valence-electron chi connectivity index (χ3n) is 6.43. The highest BCUT2D eigenvalue weighted by Gasteiger charge is 2.24. The highest BCUT2D eigenvalue weighted by atomic mass is 19.3. The van der Waals surface area contributed by atoms with Crippen molar-refractivity contribution in [2.75, 3.05) is 26.4 Å². The number of hydrogen-bond acceptors (Lipinski definition) is 12. The van der Waals surface area contributed by atoms with Crippen LogP contribution in [0.2, 0.25) is 0 Å². The van der Waals surface area contributed by atoms with Gasteiger partial charge in [0, 0.05) is 45.4 Å². The molecule has 0 aliphatic rings. The van der Waals surface area contributed by atoms with E-state index in [9.17, 15) is 36.7 Å². The number of hydrogen-bond donors (Lipinski definition) is 1. The van der Waals surface area contributed by atoms with Gasteiger partial charge in [0.15, 0.2) is 0 Å². The first-order valence-electron chi connectivity index (χ1n) is 15.8. The zero-order valence-corrected chi connectivity index (χ0v) is 30.6. The Bertz CT molecular complexity index is 1760. The average Bonchev–Trinajstić information content (AvgIpc) is 3.84. The Labute approximate surface area is 297 Å². The van der Waals surface area contributed by atoms with Gasteiger partial charge in [0.05, 0.1) is 37.8 Å². The van der Waals surface area contributed by atoms with Crippen LogP contribution >= 0.6 is 0 Å². The van der Waals surface area contributed by atoms with Gasteiger partial charge in [-0.25, -0.2) is 36.7 Å². The van der Waals surface area contributed by atoms with Crippen molar-refractivity contribution in [3.8, 4) is 0 Å². The minimum absolute atomic E-state index is 0.146. The molecule has 4 rings (SSSR count). The lowest BCUT2D eigenvalue weighted by Crippen LogP contribution is -2.07. The topological polar surface area (TPSA) is 187 Å². The van der Waals surface area contributed by atoms with Gasteiger partial charge in [0.25, 0.3) is 12.9 Å². The molecule has 0 saturated carbocycles. The second-order valence-corrected chi connectivity index (χ2v) is 10.2. The van der Waals surface area contributed by atoms with Crippen LogP contribution in [0, 0.1) is 20.8 Å². The van der Waals surface area contributed by atoms with Crippen LogP contribution in [-0.4, -0.2) is 89.8 Å². The SMILES string of the molecule is CCOC(=O)c1c(C)nn(C)c1C.CCOC(=O)c1c[nH]nc1C(F)F.CCOC(=O)c1cn(C)nc1C.CCOC(=O)c1cn(C)nc1C(F)F. The van der Waals surface area contributed by atoms with Crippen LogP contribution in [0.5, 0.6) is 0 Å². The molecule has 0 aromatic carbocycles. The molecule has 0 saturated heterocycles. The number of aromatic amines is 1. The van der Waals surface area contributed by atoms with Crippen molar-refractivity contribution in [3.05, 3.63) is 69.3 Å². The van der Waals surface area contributed by atoms with Crippen molar-refractivity contribution in [3.63, 3.8) is 0 Å². The van der Waals surface area contributed by atoms with E-state index in [1.807, 2.05) is 14.0 Å². The summed E-state index contributed by atoms with van der Waals surface area (Å²) in [5, 5.41) is 17.1. The predicted molar refractivity (Wildman–Crippen MR) is 176 cm³/mol. The Kier molecular flexibility index (Phi) is 18.5. The molecule has 4 aromatic heterocycles. The standard InChI is InChI=1S/C9H14N2O2.C8H10F2N2O2.C8H12N2O2.C7H8F2N2O2/c1-5-13-9(12)8-6(2)10-11(4)7(8)3;1-3-14-8(13)5-4-12(2)11-6(5)7(9)10;1-4-12-8(11)7-5-10(3)9-6(7)2;1-2-13-7(12)4-3-10-11-5(4)6(8)9/h5H2,1-4H3;4,7H,3H2,1-2H3;5H,4H2,1-3H3;3,6H,2H2,1H3,(H,10,11).